The first-order chi connectivity index (χ1) is 11.7. The molecule has 0 heterocycles. The highest BCUT2D eigenvalue weighted by Crippen LogP contribution is 2.14. The number of nitro groups is 1. The van der Waals surface area contributed by atoms with E-state index in [4.69, 9.17) is 4.74 Å². The molecule has 0 aliphatic rings. The fourth-order valence-electron chi connectivity index (χ4n) is 2.56. The summed E-state index contributed by atoms with van der Waals surface area (Å²) in [5.41, 5.74) is -0.800. The summed E-state index contributed by atoms with van der Waals surface area (Å²) in [6.07, 6.45) is 10.2. The number of hydrogen-bond donors (Lipinski definition) is 0. The van der Waals surface area contributed by atoms with Gasteiger partial charge >= 0.3 is 12.0 Å². The zero-order valence-electron chi connectivity index (χ0n) is 16.3. The van der Waals surface area contributed by atoms with Crippen LogP contribution in [-0.2, 0) is 14.3 Å². The van der Waals surface area contributed by atoms with Gasteiger partial charge in [-0.3, -0.25) is 14.9 Å². The molecule has 25 heavy (non-hydrogen) atoms. The van der Waals surface area contributed by atoms with Gasteiger partial charge in [-0.25, -0.2) is 4.79 Å². The highest BCUT2D eigenvalue weighted by atomic mass is 16.6. The predicted molar refractivity (Wildman–Crippen MR) is 98.1 cm³/mol. The normalized spacial score (nSPS) is 12.6. The van der Waals surface area contributed by atoms with Gasteiger partial charge in [0.1, 0.15) is 11.4 Å². The Hall–Kier alpha value is -1.46. The van der Waals surface area contributed by atoms with E-state index >= 15 is 0 Å². The molecule has 0 saturated heterocycles. The van der Waals surface area contributed by atoms with Crippen LogP contribution in [0.2, 0.25) is 0 Å². The van der Waals surface area contributed by atoms with E-state index in [1.54, 1.807) is 20.8 Å². The molecule has 0 amide bonds. The maximum atomic E-state index is 11.9. The Morgan fingerprint density at radius 2 is 1.44 bits per heavy atom. The minimum Gasteiger partial charge on any atom is -0.455 e. The summed E-state index contributed by atoms with van der Waals surface area (Å²) in [5.74, 6) is -1.17. The summed E-state index contributed by atoms with van der Waals surface area (Å²) >= 11 is 0. The van der Waals surface area contributed by atoms with Gasteiger partial charge in [-0.1, -0.05) is 58.3 Å². The number of esters is 1. The number of rotatable bonds is 14. The Labute approximate surface area is 151 Å². The third kappa shape index (κ3) is 13.5. The summed E-state index contributed by atoms with van der Waals surface area (Å²) in [6.45, 7) is 7.13. The molecule has 0 spiro atoms. The molecule has 146 valence electrons. The van der Waals surface area contributed by atoms with Gasteiger partial charge in [0.2, 0.25) is 0 Å². The molecule has 0 aliphatic carbocycles. The number of ketones is 1. The van der Waals surface area contributed by atoms with E-state index in [2.05, 4.69) is 6.92 Å². The Morgan fingerprint density at radius 1 is 0.960 bits per heavy atom. The maximum absolute atomic E-state index is 11.9. The highest BCUT2D eigenvalue weighted by molar-refractivity contribution is 5.85. The van der Waals surface area contributed by atoms with E-state index in [9.17, 15) is 19.7 Å². The van der Waals surface area contributed by atoms with E-state index in [-0.39, 0.29) is 12.2 Å². The van der Waals surface area contributed by atoms with Gasteiger partial charge < -0.3 is 4.74 Å². The van der Waals surface area contributed by atoms with Gasteiger partial charge in [-0.2, -0.15) is 0 Å². The van der Waals surface area contributed by atoms with Crippen LogP contribution in [0.1, 0.15) is 98.3 Å². The third-order valence-corrected chi connectivity index (χ3v) is 3.91. The topological polar surface area (TPSA) is 86.5 Å². The molecule has 0 N–H and O–H groups in total. The zero-order chi connectivity index (χ0) is 19.3. The van der Waals surface area contributed by atoms with Gasteiger partial charge in [0.05, 0.1) is 6.42 Å². The number of hydrogen-bond acceptors (Lipinski definition) is 5. The fourth-order valence-corrected chi connectivity index (χ4v) is 2.56. The van der Waals surface area contributed by atoms with Gasteiger partial charge in [-0.05, 0) is 27.2 Å². The third-order valence-electron chi connectivity index (χ3n) is 3.91. The van der Waals surface area contributed by atoms with Crippen LogP contribution in [0.3, 0.4) is 0 Å². The summed E-state index contributed by atoms with van der Waals surface area (Å²) in [5, 5.41) is 11.0. The summed E-state index contributed by atoms with van der Waals surface area (Å²) in [4.78, 5) is 34.1. The van der Waals surface area contributed by atoms with Crippen LogP contribution in [0.25, 0.3) is 0 Å². The van der Waals surface area contributed by atoms with Crippen LogP contribution in [0.15, 0.2) is 0 Å². The van der Waals surface area contributed by atoms with Gasteiger partial charge in [-0.15, -0.1) is 0 Å². The minimum atomic E-state index is -1.59. The first-order valence-electron chi connectivity index (χ1n) is 9.55. The van der Waals surface area contributed by atoms with Crippen LogP contribution >= 0.6 is 0 Å². The molecule has 1 unspecified atom stereocenters. The van der Waals surface area contributed by atoms with Crippen molar-refractivity contribution in [2.45, 2.75) is 110 Å². The molecule has 0 radical (unpaired) electrons. The average molecular weight is 357 g/mol. The lowest BCUT2D eigenvalue weighted by molar-refractivity contribution is -0.510. The van der Waals surface area contributed by atoms with Crippen LogP contribution in [0, 0.1) is 10.1 Å². The lowest BCUT2D eigenvalue weighted by atomic mass is 10.0. The van der Waals surface area contributed by atoms with E-state index in [1.165, 1.54) is 38.5 Å². The minimum absolute atomic E-state index is 0.240. The Morgan fingerprint density at radius 3 is 1.88 bits per heavy atom. The van der Waals surface area contributed by atoms with Gasteiger partial charge in [0.25, 0.3) is 0 Å². The van der Waals surface area contributed by atoms with Crippen LogP contribution in [0.5, 0.6) is 0 Å². The van der Waals surface area contributed by atoms with Crippen molar-refractivity contribution in [3.63, 3.8) is 0 Å². The van der Waals surface area contributed by atoms with Crippen molar-refractivity contribution in [2.75, 3.05) is 0 Å². The first kappa shape index (κ1) is 23.5. The highest BCUT2D eigenvalue weighted by Gasteiger charge is 2.36. The molecular weight excluding hydrogens is 322 g/mol. The quantitative estimate of drug-likeness (QED) is 0.192. The van der Waals surface area contributed by atoms with Crippen LogP contribution in [-0.4, -0.2) is 28.3 Å². The van der Waals surface area contributed by atoms with Crippen LogP contribution in [0.4, 0.5) is 0 Å². The summed E-state index contributed by atoms with van der Waals surface area (Å²) < 4.78 is 5.03. The van der Waals surface area contributed by atoms with E-state index in [0.717, 1.165) is 19.3 Å². The van der Waals surface area contributed by atoms with Crippen LogP contribution < -0.4 is 0 Å². The second-order valence-corrected chi connectivity index (χ2v) is 7.66. The second-order valence-electron chi connectivity index (χ2n) is 7.66. The number of ether oxygens (including phenoxy) is 1. The monoisotopic (exact) mass is 357 g/mol. The molecule has 6 nitrogen and oxygen atoms in total. The number of carbonyl (C=O) groups is 2. The van der Waals surface area contributed by atoms with E-state index < -0.39 is 22.5 Å². The van der Waals surface area contributed by atoms with Gasteiger partial charge in [0.15, 0.2) is 0 Å². The molecule has 0 rings (SSSR count). The Bertz CT molecular complexity index is 415. The maximum Gasteiger partial charge on any atom is 0.382 e. The number of nitrogens with zero attached hydrogens (tertiary/aromatic N) is 1. The van der Waals surface area contributed by atoms with Gasteiger partial charge in [0, 0.05) is 11.3 Å². The molecule has 0 saturated carbocycles. The molecule has 1 atom stereocenters. The second kappa shape index (κ2) is 12.8. The van der Waals surface area contributed by atoms with Crippen molar-refractivity contribution in [3.05, 3.63) is 10.1 Å². The van der Waals surface area contributed by atoms with Crippen molar-refractivity contribution >= 4 is 11.8 Å². The SMILES string of the molecule is CCCCCCCCCCCC(=O)CC(C(=O)OC(C)(C)C)[N+](=O)[O-]. The lowest BCUT2D eigenvalue weighted by Gasteiger charge is -2.20. The first-order valence-corrected chi connectivity index (χ1v) is 9.55. The van der Waals surface area contributed by atoms with E-state index in [1.807, 2.05) is 0 Å². The average Bonchev–Trinajstić information content (AvgIpc) is 2.48. The molecule has 0 aromatic heterocycles. The van der Waals surface area contributed by atoms with E-state index in [0.29, 0.717) is 6.42 Å². The molecule has 0 aromatic rings. The number of unbranched alkanes of at least 4 members (excludes halogenated alkanes) is 8. The largest absolute Gasteiger partial charge is 0.455 e. The van der Waals surface area contributed by atoms with Crippen molar-refractivity contribution in [1.29, 1.82) is 0 Å². The lowest BCUT2D eigenvalue weighted by Crippen LogP contribution is -2.38. The molecule has 0 fully saturated rings. The molecule has 6 heteroatoms. The van der Waals surface area contributed by atoms with Crippen molar-refractivity contribution in [3.8, 4) is 0 Å². The predicted octanol–water partition coefficient (Wildman–Crippen LogP) is 4.85. The van der Waals surface area contributed by atoms with Crippen molar-refractivity contribution < 1.29 is 19.2 Å². The standard InChI is InChI=1S/C19H35NO5/c1-5-6-7-8-9-10-11-12-13-14-16(21)15-17(20(23)24)18(22)25-19(2,3)4/h17H,5-15H2,1-4H3. The zero-order valence-corrected chi connectivity index (χ0v) is 16.3. The summed E-state index contributed by atoms with van der Waals surface area (Å²) in [6, 6.07) is -1.59. The van der Waals surface area contributed by atoms with Crippen molar-refractivity contribution in [2.24, 2.45) is 0 Å². The van der Waals surface area contributed by atoms with Crippen molar-refractivity contribution in [1.82, 2.24) is 0 Å². The molecule has 0 aliphatic heterocycles. The molecular formula is C19H35NO5. The smallest absolute Gasteiger partial charge is 0.382 e. The fraction of sp³-hybridized carbons (Fsp3) is 0.895. The molecule has 0 aromatic carbocycles. The number of carbonyl (C=O) groups excluding carboxylic acids is 2. The summed E-state index contributed by atoms with van der Waals surface area (Å²) in [7, 11) is 0. The Kier molecular flexibility index (Phi) is 12.1. The molecule has 0 bridgehead atoms. The number of Topliss-reactive ketones (excluding diaryl/α,β-unsaturated/α-hetero) is 1. The Balaban J connectivity index is 3.97.